The van der Waals surface area contributed by atoms with Crippen molar-refractivity contribution in [2.45, 2.75) is 46.2 Å². The van der Waals surface area contributed by atoms with Gasteiger partial charge in [-0.05, 0) is 62.4 Å². The highest BCUT2D eigenvalue weighted by Gasteiger charge is 2.24. The fourth-order valence-corrected chi connectivity index (χ4v) is 3.91. The second-order valence-electron chi connectivity index (χ2n) is 8.11. The van der Waals surface area contributed by atoms with Crippen LogP contribution in [0.2, 0.25) is 0 Å². The van der Waals surface area contributed by atoms with E-state index in [0.29, 0.717) is 22.7 Å². The topological polar surface area (TPSA) is 119 Å². The molecule has 0 unspecified atom stereocenters. The summed E-state index contributed by atoms with van der Waals surface area (Å²) in [5.74, 6) is -0.184. The Bertz CT molecular complexity index is 1110. The maximum atomic E-state index is 12.9. The lowest BCUT2D eigenvalue weighted by atomic mass is 10.1. The second kappa shape index (κ2) is 9.31. The highest BCUT2D eigenvalue weighted by Crippen LogP contribution is 2.20. The zero-order valence-electron chi connectivity index (χ0n) is 18.2. The van der Waals surface area contributed by atoms with E-state index in [1.54, 1.807) is 13.8 Å². The van der Waals surface area contributed by atoms with Crippen LogP contribution in [-0.4, -0.2) is 43.8 Å². The molecule has 1 fully saturated rings. The summed E-state index contributed by atoms with van der Waals surface area (Å²) in [5.41, 5.74) is 3.14. The number of piperidine rings is 1. The van der Waals surface area contributed by atoms with Crippen LogP contribution in [0, 0.1) is 24.0 Å². The molecular formula is C22H26N6O4. The van der Waals surface area contributed by atoms with E-state index >= 15 is 0 Å². The van der Waals surface area contributed by atoms with Crippen LogP contribution in [0.5, 0.6) is 0 Å². The van der Waals surface area contributed by atoms with E-state index in [-0.39, 0.29) is 18.1 Å². The molecule has 1 aliphatic heterocycles. The summed E-state index contributed by atoms with van der Waals surface area (Å²) in [6.45, 7) is 6.73. The van der Waals surface area contributed by atoms with E-state index in [4.69, 9.17) is 4.52 Å². The molecule has 0 saturated carbocycles. The summed E-state index contributed by atoms with van der Waals surface area (Å²) in [7, 11) is 0. The lowest BCUT2D eigenvalue weighted by Crippen LogP contribution is -2.29. The zero-order chi connectivity index (χ0) is 22.7. The molecule has 0 spiro atoms. The van der Waals surface area contributed by atoms with Gasteiger partial charge in [-0.1, -0.05) is 23.7 Å². The van der Waals surface area contributed by atoms with Crippen molar-refractivity contribution in [3.63, 3.8) is 0 Å². The predicted molar refractivity (Wildman–Crippen MR) is 117 cm³/mol. The lowest BCUT2D eigenvalue weighted by molar-refractivity contribution is -0.389. The van der Waals surface area contributed by atoms with Crippen molar-refractivity contribution < 1.29 is 14.2 Å². The van der Waals surface area contributed by atoms with Gasteiger partial charge in [0.15, 0.2) is 5.69 Å². The van der Waals surface area contributed by atoms with Crippen molar-refractivity contribution in [2.75, 3.05) is 18.4 Å². The molecule has 3 aromatic rings. The molecule has 2 aromatic heterocycles. The van der Waals surface area contributed by atoms with Gasteiger partial charge >= 0.3 is 5.82 Å². The van der Waals surface area contributed by atoms with Gasteiger partial charge in [-0.2, -0.15) is 4.68 Å². The summed E-state index contributed by atoms with van der Waals surface area (Å²) in [5, 5.41) is 21.7. The summed E-state index contributed by atoms with van der Waals surface area (Å²) in [6, 6.07) is 9.18. The van der Waals surface area contributed by atoms with Crippen molar-refractivity contribution >= 4 is 17.4 Å². The van der Waals surface area contributed by atoms with E-state index in [9.17, 15) is 14.9 Å². The number of carbonyl (C=O) groups is 1. The number of likely N-dealkylation sites (tertiary alicyclic amines) is 1. The molecule has 3 heterocycles. The van der Waals surface area contributed by atoms with Crippen molar-refractivity contribution in [2.24, 2.45) is 0 Å². The van der Waals surface area contributed by atoms with E-state index in [0.717, 1.165) is 19.6 Å². The Morgan fingerprint density at radius 2 is 1.88 bits per heavy atom. The van der Waals surface area contributed by atoms with Gasteiger partial charge in [0.2, 0.25) is 0 Å². The molecule has 4 rings (SSSR count). The minimum atomic E-state index is -0.549. The first kappa shape index (κ1) is 21.7. The number of nitrogens with zero attached hydrogens (tertiary/aromatic N) is 5. The smallest absolute Gasteiger partial charge is 0.361 e. The van der Waals surface area contributed by atoms with Crippen LogP contribution in [0.3, 0.4) is 0 Å². The van der Waals surface area contributed by atoms with Crippen LogP contribution in [0.25, 0.3) is 0 Å². The van der Waals surface area contributed by atoms with Crippen molar-refractivity contribution in [3.05, 3.63) is 68.7 Å². The molecule has 0 atom stereocenters. The number of amides is 1. The van der Waals surface area contributed by atoms with Gasteiger partial charge in [0.1, 0.15) is 5.76 Å². The Morgan fingerprint density at radius 1 is 1.16 bits per heavy atom. The number of anilines is 1. The Labute approximate surface area is 185 Å². The minimum absolute atomic E-state index is 0.137. The average molecular weight is 438 g/mol. The van der Waals surface area contributed by atoms with Crippen molar-refractivity contribution in [1.29, 1.82) is 0 Å². The van der Waals surface area contributed by atoms with Crippen molar-refractivity contribution in [1.82, 2.24) is 19.8 Å². The van der Waals surface area contributed by atoms with Gasteiger partial charge < -0.3 is 20.0 Å². The molecule has 1 saturated heterocycles. The first-order valence-electron chi connectivity index (χ1n) is 10.7. The fraction of sp³-hybridized carbons (Fsp3) is 0.409. The number of hydrogen-bond donors (Lipinski definition) is 1. The van der Waals surface area contributed by atoms with Crippen molar-refractivity contribution in [3.8, 4) is 0 Å². The second-order valence-corrected chi connectivity index (χ2v) is 8.11. The van der Waals surface area contributed by atoms with E-state index in [1.807, 2.05) is 24.3 Å². The van der Waals surface area contributed by atoms with E-state index in [1.165, 1.54) is 35.6 Å². The first-order chi connectivity index (χ1) is 15.4. The van der Waals surface area contributed by atoms with Crippen LogP contribution in [0.4, 0.5) is 11.5 Å². The van der Waals surface area contributed by atoms with Crippen LogP contribution < -0.4 is 5.32 Å². The van der Waals surface area contributed by atoms with Gasteiger partial charge in [0.25, 0.3) is 5.91 Å². The SMILES string of the molecule is Cc1onc(C(=O)Nc2ccc(CN3CCCCC3)cc2)c1Cn1nc([N+](=O)[O-])cc1C. The number of rotatable bonds is 7. The molecule has 0 aliphatic carbocycles. The number of nitro groups is 1. The molecular weight excluding hydrogens is 412 g/mol. The molecule has 168 valence electrons. The third-order valence-corrected chi connectivity index (χ3v) is 5.73. The number of nitrogens with one attached hydrogen (secondary N) is 1. The molecule has 1 N–H and O–H groups in total. The Morgan fingerprint density at radius 3 is 2.53 bits per heavy atom. The van der Waals surface area contributed by atoms with Crippen LogP contribution in [0.15, 0.2) is 34.9 Å². The number of aromatic nitrogens is 3. The van der Waals surface area contributed by atoms with Gasteiger partial charge in [-0.3, -0.25) is 9.69 Å². The summed E-state index contributed by atoms with van der Waals surface area (Å²) in [6.07, 6.45) is 3.81. The lowest BCUT2D eigenvalue weighted by Gasteiger charge is -2.26. The predicted octanol–water partition coefficient (Wildman–Crippen LogP) is 3.68. The normalized spacial score (nSPS) is 14.4. The molecule has 0 bridgehead atoms. The largest absolute Gasteiger partial charge is 0.390 e. The molecule has 10 nitrogen and oxygen atoms in total. The maximum Gasteiger partial charge on any atom is 0.390 e. The van der Waals surface area contributed by atoms with Gasteiger partial charge in [0, 0.05) is 12.2 Å². The molecule has 1 amide bonds. The van der Waals surface area contributed by atoms with Crippen LogP contribution in [-0.2, 0) is 13.1 Å². The Kier molecular flexibility index (Phi) is 6.31. The van der Waals surface area contributed by atoms with E-state index in [2.05, 4.69) is 20.5 Å². The molecule has 10 heteroatoms. The average Bonchev–Trinajstić information content (AvgIpc) is 3.33. The number of hydrogen-bond acceptors (Lipinski definition) is 7. The Hall–Kier alpha value is -3.53. The number of carbonyl (C=O) groups excluding carboxylic acids is 1. The van der Waals surface area contributed by atoms with E-state index < -0.39 is 10.8 Å². The quantitative estimate of drug-likeness (QED) is 0.441. The number of aryl methyl sites for hydroxylation is 2. The zero-order valence-corrected chi connectivity index (χ0v) is 18.2. The molecule has 0 radical (unpaired) electrons. The maximum absolute atomic E-state index is 12.9. The third-order valence-electron chi connectivity index (χ3n) is 5.73. The van der Waals surface area contributed by atoms with Crippen LogP contribution in [0.1, 0.15) is 52.3 Å². The summed E-state index contributed by atoms with van der Waals surface area (Å²) < 4.78 is 6.70. The molecule has 1 aliphatic rings. The van der Waals surface area contributed by atoms with Crippen LogP contribution >= 0.6 is 0 Å². The highest BCUT2D eigenvalue weighted by molar-refractivity contribution is 6.03. The van der Waals surface area contributed by atoms with Gasteiger partial charge in [0.05, 0.1) is 29.0 Å². The molecule has 32 heavy (non-hydrogen) atoms. The summed E-state index contributed by atoms with van der Waals surface area (Å²) in [4.78, 5) is 25.7. The molecule has 1 aromatic carbocycles. The highest BCUT2D eigenvalue weighted by atomic mass is 16.6. The van der Waals surface area contributed by atoms with Gasteiger partial charge in [-0.25, -0.2) is 0 Å². The monoisotopic (exact) mass is 438 g/mol. The summed E-state index contributed by atoms with van der Waals surface area (Å²) >= 11 is 0. The minimum Gasteiger partial charge on any atom is -0.361 e. The first-order valence-corrected chi connectivity index (χ1v) is 10.7. The Balaban J connectivity index is 1.44. The number of benzene rings is 1. The fourth-order valence-electron chi connectivity index (χ4n) is 3.91. The van der Waals surface area contributed by atoms with Gasteiger partial charge in [-0.15, -0.1) is 0 Å². The standard InChI is InChI=1S/C22H26N6O4/c1-15-12-20(28(30)31)24-27(15)14-19-16(2)32-25-21(19)22(29)23-18-8-6-17(7-9-18)13-26-10-4-3-5-11-26/h6-9,12H,3-5,10-11,13-14H2,1-2H3,(H,23,29). The third kappa shape index (κ3) is 4.86.